The van der Waals surface area contributed by atoms with Crippen molar-refractivity contribution in [1.29, 1.82) is 0 Å². The Morgan fingerprint density at radius 2 is 2.00 bits per heavy atom. The summed E-state index contributed by atoms with van der Waals surface area (Å²) >= 11 is 0. The molecule has 5 heteroatoms. The van der Waals surface area contributed by atoms with Crippen LogP contribution in [0.5, 0.6) is 0 Å². The molecule has 22 heavy (non-hydrogen) atoms. The third-order valence-corrected chi connectivity index (χ3v) is 5.76. The van der Waals surface area contributed by atoms with Gasteiger partial charge in [0.05, 0.1) is 5.69 Å². The molecule has 0 radical (unpaired) electrons. The molecule has 1 aromatic heterocycles. The van der Waals surface area contributed by atoms with Gasteiger partial charge < -0.3 is 10.2 Å². The SMILES string of the molecule is Cc1nn(C)c(C)c1CCC(=O)N1CCC2(CCNC2)CC1. The predicted octanol–water partition coefficient (Wildman–Crippen LogP) is 1.57. The molecule has 0 atom stereocenters. The van der Waals surface area contributed by atoms with Crippen LogP contribution < -0.4 is 5.32 Å². The van der Waals surface area contributed by atoms with Crippen LogP contribution in [0.15, 0.2) is 0 Å². The van der Waals surface area contributed by atoms with Crippen molar-refractivity contribution >= 4 is 5.91 Å². The zero-order valence-electron chi connectivity index (χ0n) is 14.1. The van der Waals surface area contributed by atoms with Gasteiger partial charge in [0, 0.05) is 38.8 Å². The van der Waals surface area contributed by atoms with Gasteiger partial charge in [-0.3, -0.25) is 9.48 Å². The number of likely N-dealkylation sites (tertiary alicyclic amines) is 1. The van der Waals surface area contributed by atoms with Gasteiger partial charge in [-0.2, -0.15) is 5.10 Å². The van der Waals surface area contributed by atoms with E-state index in [4.69, 9.17) is 0 Å². The van der Waals surface area contributed by atoms with Gasteiger partial charge >= 0.3 is 0 Å². The van der Waals surface area contributed by atoms with E-state index in [1.54, 1.807) is 0 Å². The number of nitrogens with zero attached hydrogens (tertiary/aromatic N) is 3. The Hall–Kier alpha value is -1.36. The molecule has 2 fully saturated rings. The fourth-order valence-electron chi connectivity index (χ4n) is 4.02. The quantitative estimate of drug-likeness (QED) is 0.922. The lowest BCUT2D eigenvalue weighted by molar-refractivity contribution is -0.133. The Morgan fingerprint density at radius 1 is 1.27 bits per heavy atom. The highest BCUT2D eigenvalue weighted by Gasteiger charge is 2.37. The lowest BCUT2D eigenvalue weighted by Crippen LogP contribution is -2.44. The van der Waals surface area contributed by atoms with E-state index in [1.165, 1.54) is 17.7 Å². The minimum Gasteiger partial charge on any atom is -0.343 e. The zero-order valence-corrected chi connectivity index (χ0v) is 14.1. The molecule has 0 bridgehead atoms. The highest BCUT2D eigenvalue weighted by molar-refractivity contribution is 5.76. The second-order valence-corrected chi connectivity index (χ2v) is 7.08. The van der Waals surface area contributed by atoms with Crippen molar-refractivity contribution < 1.29 is 4.79 Å². The number of nitrogens with one attached hydrogen (secondary N) is 1. The molecule has 2 aliphatic rings. The summed E-state index contributed by atoms with van der Waals surface area (Å²) in [7, 11) is 1.97. The summed E-state index contributed by atoms with van der Waals surface area (Å²) < 4.78 is 1.91. The average Bonchev–Trinajstić information content (AvgIpc) is 3.04. The first kappa shape index (κ1) is 15.5. The fourth-order valence-corrected chi connectivity index (χ4v) is 4.02. The second kappa shape index (κ2) is 6.03. The van der Waals surface area contributed by atoms with Crippen LogP contribution in [0.4, 0.5) is 0 Å². The van der Waals surface area contributed by atoms with E-state index in [0.717, 1.165) is 51.1 Å². The number of amides is 1. The lowest BCUT2D eigenvalue weighted by Gasteiger charge is -2.39. The summed E-state index contributed by atoms with van der Waals surface area (Å²) in [4.78, 5) is 14.6. The van der Waals surface area contributed by atoms with Gasteiger partial charge in [0.15, 0.2) is 0 Å². The fraction of sp³-hybridized carbons (Fsp3) is 0.765. The summed E-state index contributed by atoms with van der Waals surface area (Å²) in [6, 6.07) is 0. The molecule has 1 aromatic rings. The van der Waals surface area contributed by atoms with Crippen molar-refractivity contribution in [3.63, 3.8) is 0 Å². The van der Waals surface area contributed by atoms with Gasteiger partial charge in [0.1, 0.15) is 0 Å². The number of carbonyl (C=O) groups is 1. The number of rotatable bonds is 3. The maximum Gasteiger partial charge on any atom is 0.222 e. The smallest absolute Gasteiger partial charge is 0.222 e. The van der Waals surface area contributed by atoms with Gasteiger partial charge in [0.25, 0.3) is 0 Å². The Balaban J connectivity index is 1.52. The number of hydrogen-bond acceptors (Lipinski definition) is 3. The van der Waals surface area contributed by atoms with Crippen molar-refractivity contribution in [3.05, 3.63) is 17.0 Å². The standard InChI is InChI=1S/C17H28N4O/c1-13-15(14(2)20(3)19-13)4-5-16(22)21-10-7-17(8-11-21)6-9-18-12-17/h18H,4-12H2,1-3H3. The lowest BCUT2D eigenvalue weighted by atomic mass is 9.78. The molecule has 3 heterocycles. The number of aromatic nitrogens is 2. The van der Waals surface area contributed by atoms with Crippen LogP contribution in [-0.2, 0) is 18.3 Å². The molecule has 1 N–H and O–H groups in total. The highest BCUT2D eigenvalue weighted by atomic mass is 16.2. The van der Waals surface area contributed by atoms with Gasteiger partial charge in [-0.1, -0.05) is 0 Å². The van der Waals surface area contributed by atoms with Crippen LogP contribution in [0.1, 0.15) is 42.6 Å². The number of aryl methyl sites for hydroxylation is 2. The Morgan fingerprint density at radius 3 is 2.55 bits per heavy atom. The van der Waals surface area contributed by atoms with E-state index in [-0.39, 0.29) is 0 Å². The van der Waals surface area contributed by atoms with Gasteiger partial charge in [-0.25, -0.2) is 0 Å². The van der Waals surface area contributed by atoms with Crippen LogP contribution in [0.2, 0.25) is 0 Å². The Bertz CT molecular complexity index is 547. The molecule has 0 aromatic carbocycles. The molecule has 122 valence electrons. The molecule has 0 aliphatic carbocycles. The van der Waals surface area contributed by atoms with Crippen LogP contribution in [0.25, 0.3) is 0 Å². The summed E-state index contributed by atoms with van der Waals surface area (Å²) in [6.45, 7) is 8.27. The molecular formula is C17H28N4O. The van der Waals surface area contributed by atoms with Crippen molar-refractivity contribution in [2.75, 3.05) is 26.2 Å². The normalized spacial score (nSPS) is 20.8. The van der Waals surface area contributed by atoms with E-state index in [2.05, 4.69) is 22.2 Å². The monoisotopic (exact) mass is 304 g/mol. The van der Waals surface area contributed by atoms with Crippen molar-refractivity contribution in [3.8, 4) is 0 Å². The second-order valence-electron chi connectivity index (χ2n) is 7.08. The van der Waals surface area contributed by atoms with Crippen LogP contribution in [0, 0.1) is 19.3 Å². The molecule has 2 aliphatic heterocycles. The summed E-state index contributed by atoms with van der Waals surface area (Å²) in [5.41, 5.74) is 3.96. The van der Waals surface area contributed by atoms with E-state index >= 15 is 0 Å². The van der Waals surface area contributed by atoms with Crippen LogP contribution in [0.3, 0.4) is 0 Å². The van der Waals surface area contributed by atoms with Crippen molar-refractivity contribution in [2.45, 2.75) is 46.0 Å². The molecular weight excluding hydrogens is 276 g/mol. The minimum atomic E-state index is 0.309. The highest BCUT2D eigenvalue weighted by Crippen LogP contribution is 2.37. The third kappa shape index (κ3) is 2.91. The number of carbonyl (C=O) groups excluding carboxylic acids is 1. The van der Waals surface area contributed by atoms with E-state index in [0.29, 0.717) is 17.7 Å². The van der Waals surface area contributed by atoms with Gasteiger partial charge in [-0.15, -0.1) is 0 Å². The molecule has 1 amide bonds. The van der Waals surface area contributed by atoms with Crippen LogP contribution in [-0.4, -0.2) is 46.8 Å². The predicted molar refractivity (Wildman–Crippen MR) is 86.7 cm³/mol. The zero-order chi connectivity index (χ0) is 15.7. The van der Waals surface area contributed by atoms with Crippen LogP contribution >= 0.6 is 0 Å². The molecule has 0 saturated carbocycles. The first-order valence-electron chi connectivity index (χ1n) is 8.48. The maximum atomic E-state index is 12.5. The summed E-state index contributed by atoms with van der Waals surface area (Å²) in [5, 5.41) is 7.91. The largest absolute Gasteiger partial charge is 0.343 e. The third-order valence-electron chi connectivity index (χ3n) is 5.76. The van der Waals surface area contributed by atoms with E-state index in [1.807, 2.05) is 18.7 Å². The molecule has 2 saturated heterocycles. The molecule has 0 unspecified atom stereocenters. The van der Waals surface area contributed by atoms with E-state index < -0.39 is 0 Å². The summed E-state index contributed by atoms with van der Waals surface area (Å²) in [6.07, 6.45) is 5.03. The average molecular weight is 304 g/mol. The molecule has 3 rings (SSSR count). The molecule has 1 spiro atoms. The first-order chi connectivity index (χ1) is 10.5. The van der Waals surface area contributed by atoms with Crippen molar-refractivity contribution in [1.82, 2.24) is 20.0 Å². The minimum absolute atomic E-state index is 0.309. The summed E-state index contributed by atoms with van der Waals surface area (Å²) in [5.74, 6) is 0.309. The first-order valence-corrected chi connectivity index (χ1v) is 8.48. The molecule has 5 nitrogen and oxygen atoms in total. The number of hydrogen-bond donors (Lipinski definition) is 1. The topological polar surface area (TPSA) is 50.2 Å². The van der Waals surface area contributed by atoms with Gasteiger partial charge in [-0.05, 0) is 57.1 Å². The van der Waals surface area contributed by atoms with Gasteiger partial charge in [0.2, 0.25) is 5.91 Å². The Kier molecular flexibility index (Phi) is 4.26. The van der Waals surface area contributed by atoms with E-state index in [9.17, 15) is 4.79 Å². The number of piperidine rings is 1. The Labute approximate surface area is 133 Å². The maximum absolute atomic E-state index is 12.5. The van der Waals surface area contributed by atoms with Crippen molar-refractivity contribution in [2.24, 2.45) is 12.5 Å².